The molecule has 0 saturated carbocycles. The smallest absolute Gasteiger partial charge is 0.257 e. The van der Waals surface area contributed by atoms with Crippen LogP contribution < -0.4 is 5.73 Å². The van der Waals surface area contributed by atoms with Crippen molar-refractivity contribution in [2.75, 3.05) is 13.1 Å². The molecule has 1 atom stereocenters. The normalized spacial score (nSPS) is 20.2. The lowest BCUT2D eigenvalue weighted by atomic mass is 9.79. The van der Waals surface area contributed by atoms with Crippen LogP contribution in [0.4, 0.5) is 0 Å². The number of rotatable bonds is 3. The summed E-state index contributed by atoms with van der Waals surface area (Å²) in [7, 11) is 0. The van der Waals surface area contributed by atoms with Gasteiger partial charge < -0.3 is 10.6 Å². The Bertz CT molecular complexity index is 720. The van der Waals surface area contributed by atoms with E-state index in [1.807, 2.05) is 34.7 Å². The molecule has 2 aromatic rings. The molecule has 5 nitrogen and oxygen atoms in total. The third kappa shape index (κ3) is 3.22. The zero-order valence-corrected chi connectivity index (χ0v) is 14.7. The van der Waals surface area contributed by atoms with Gasteiger partial charge in [-0.05, 0) is 24.3 Å². The van der Waals surface area contributed by atoms with Crippen molar-refractivity contribution in [1.82, 2.24) is 14.7 Å². The van der Waals surface area contributed by atoms with Crippen LogP contribution in [0, 0.1) is 12.3 Å². The van der Waals surface area contributed by atoms with Gasteiger partial charge in [-0.15, -0.1) is 0 Å². The summed E-state index contributed by atoms with van der Waals surface area (Å²) in [6.45, 7) is 8.30. The Morgan fingerprint density at radius 3 is 2.71 bits per heavy atom. The van der Waals surface area contributed by atoms with E-state index in [9.17, 15) is 4.79 Å². The molecule has 1 saturated heterocycles. The minimum Gasteiger partial charge on any atom is -0.338 e. The van der Waals surface area contributed by atoms with Crippen molar-refractivity contribution >= 4 is 5.91 Å². The maximum Gasteiger partial charge on any atom is 0.257 e. The fourth-order valence-corrected chi connectivity index (χ4v) is 3.29. The van der Waals surface area contributed by atoms with Gasteiger partial charge in [-0.2, -0.15) is 5.10 Å². The lowest BCUT2D eigenvalue weighted by Gasteiger charge is -2.42. The van der Waals surface area contributed by atoms with Gasteiger partial charge in [0.15, 0.2) is 0 Å². The highest BCUT2D eigenvalue weighted by Gasteiger charge is 2.36. The number of aromatic nitrogens is 2. The zero-order chi connectivity index (χ0) is 17.3. The highest BCUT2D eigenvalue weighted by molar-refractivity contribution is 5.95. The van der Waals surface area contributed by atoms with Gasteiger partial charge in [0.1, 0.15) is 0 Å². The molecule has 2 heterocycles. The number of nitrogens with zero attached hydrogens (tertiary/aromatic N) is 3. The van der Waals surface area contributed by atoms with Crippen LogP contribution in [0.1, 0.15) is 41.9 Å². The number of carbonyl (C=O) groups excluding carboxylic acids is 1. The highest BCUT2D eigenvalue weighted by Crippen LogP contribution is 2.29. The summed E-state index contributed by atoms with van der Waals surface area (Å²) in [6.07, 6.45) is 2.54. The van der Waals surface area contributed by atoms with Gasteiger partial charge in [0.05, 0.1) is 18.3 Å². The van der Waals surface area contributed by atoms with Crippen LogP contribution in [0.25, 0.3) is 0 Å². The van der Waals surface area contributed by atoms with Crippen molar-refractivity contribution < 1.29 is 4.79 Å². The van der Waals surface area contributed by atoms with E-state index in [1.165, 1.54) is 5.56 Å². The summed E-state index contributed by atoms with van der Waals surface area (Å²) in [6, 6.07) is 10.3. The Labute approximate surface area is 143 Å². The lowest BCUT2D eigenvalue weighted by Crippen LogP contribution is -2.54. The molecule has 128 valence electrons. The third-order valence-electron chi connectivity index (χ3n) is 5.11. The Morgan fingerprint density at radius 1 is 1.33 bits per heavy atom. The predicted octanol–water partition coefficient (Wildman–Crippen LogP) is 2.44. The van der Waals surface area contributed by atoms with E-state index in [-0.39, 0.29) is 17.4 Å². The summed E-state index contributed by atoms with van der Waals surface area (Å²) in [5, 5.41) is 4.42. The molecule has 1 amide bonds. The summed E-state index contributed by atoms with van der Waals surface area (Å²) in [5.41, 5.74) is 8.90. The summed E-state index contributed by atoms with van der Waals surface area (Å²) in [5.74, 6) is 0.0618. The molecule has 0 spiro atoms. The molecule has 2 N–H and O–H groups in total. The van der Waals surface area contributed by atoms with Gasteiger partial charge in [0.2, 0.25) is 0 Å². The number of likely N-dealkylation sites (tertiary alicyclic amines) is 1. The molecule has 1 aromatic carbocycles. The van der Waals surface area contributed by atoms with Crippen LogP contribution >= 0.6 is 0 Å². The largest absolute Gasteiger partial charge is 0.338 e. The topological polar surface area (TPSA) is 64.2 Å². The summed E-state index contributed by atoms with van der Waals surface area (Å²) < 4.78 is 1.89. The van der Waals surface area contributed by atoms with Crippen LogP contribution in [0.3, 0.4) is 0 Å². The maximum atomic E-state index is 12.9. The van der Waals surface area contributed by atoms with Gasteiger partial charge in [-0.3, -0.25) is 9.48 Å². The maximum absolute atomic E-state index is 12.9. The van der Waals surface area contributed by atoms with Crippen molar-refractivity contribution in [2.45, 2.75) is 39.8 Å². The number of hydrogen-bond acceptors (Lipinski definition) is 3. The van der Waals surface area contributed by atoms with Crippen LogP contribution in [0.5, 0.6) is 0 Å². The molecule has 24 heavy (non-hydrogen) atoms. The second-order valence-electron chi connectivity index (χ2n) is 7.40. The number of nitrogens with two attached hydrogens (primary N) is 1. The van der Waals surface area contributed by atoms with Gasteiger partial charge in [-0.1, -0.05) is 44.2 Å². The molecule has 5 heteroatoms. The highest BCUT2D eigenvalue weighted by atomic mass is 16.2. The number of amides is 1. The standard InChI is InChI=1S/C19H26N4O/c1-14-16(11-21-23(14)12-15-7-5-4-6-8-15)18(24)22-10-9-17(20)19(2,3)13-22/h4-8,11,17H,9-10,12-13,20H2,1-3H3. The Hall–Kier alpha value is -2.14. The first-order valence-electron chi connectivity index (χ1n) is 8.49. The van der Waals surface area contributed by atoms with Gasteiger partial charge in [0, 0.05) is 24.8 Å². The molecular formula is C19H26N4O. The first-order chi connectivity index (χ1) is 11.4. The fraction of sp³-hybridized carbons (Fsp3) is 0.474. The van der Waals surface area contributed by atoms with Crippen LogP contribution in [0.2, 0.25) is 0 Å². The van der Waals surface area contributed by atoms with E-state index < -0.39 is 0 Å². The summed E-state index contributed by atoms with van der Waals surface area (Å²) >= 11 is 0. The van der Waals surface area contributed by atoms with Crippen molar-refractivity contribution in [2.24, 2.45) is 11.1 Å². The Morgan fingerprint density at radius 2 is 2.04 bits per heavy atom. The van der Waals surface area contributed by atoms with Gasteiger partial charge in [0.25, 0.3) is 5.91 Å². The summed E-state index contributed by atoms with van der Waals surface area (Å²) in [4.78, 5) is 14.8. The van der Waals surface area contributed by atoms with E-state index in [2.05, 4.69) is 31.1 Å². The Kier molecular flexibility index (Phi) is 4.45. The first kappa shape index (κ1) is 16.7. The molecule has 1 fully saturated rings. The molecule has 1 aromatic heterocycles. The van der Waals surface area contributed by atoms with E-state index in [0.29, 0.717) is 25.2 Å². The molecule has 0 radical (unpaired) electrons. The van der Waals surface area contributed by atoms with Crippen molar-refractivity contribution in [1.29, 1.82) is 0 Å². The first-order valence-corrected chi connectivity index (χ1v) is 8.49. The number of carbonyl (C=O) groups is 1. The molecular weight excluding hydrogens is 300 g/mol. The fourth-order valence-electron chi connectivity index (χ4n) is 3.29. The van der Waals surface area contributed by atoms with Crippen LogP contribution in [-0.2, 0) is 6.54 Å². The number of piperidine rings is 1. The average Bonchev–Trinajstić information content (AvgIpc) is 2.91. The van der Waals surface area contributed by atoms with E-state index in [1.54, 1.807) is 6.20 Å². The second-order valence-corrected chi connectivity index (χ2v) is 7.40. The molecule has 1 aliphatic heterocycles. The molecule has 3 rings (SSSR count). The van der Waals surface area contributed by atoms with Crippen molar-refractivity contribution in [3.63, 3.8) is 0 Å². The zero-order valence-electron chi connectivity index (χ0n) is 14.7. The van der Waals surface area contributed by atoms with Gasteiger partial charge >= 0.3 is 0 Å². The monoisotopic (exact) mass is 326 g/mol. The lowest BCUT2D eigenvalue weighted by molar-refractivity contribution is 0.0532. The van der Waals surface area contributed by atoms with Crippen LogP contribution in [-0.4, -0.2) is 39.7 Å². The molecule has 1 aliphatic rings. The SMILES string of the molecule is Cc1c(C(=O)N2CCC(N)C(C)(C)C2)cnn1Cc1ccccc1. The average molecular weight is 326 g/mol. The van der Waals surface area contributed by atoms with E-state index in [0.717, 1.165) is 12.1 Å². The van der Waals surface area contributed by atoms with Gasteiger partial charge in [-0.25, -0.2) is 0 Å². The second kappa shape index (κ2) is 6.40. The van der Waals surface area contributed by atoms with Crippen LogP contribution in [0.15, 0.2) is 36.5 Å². The minimum absolute atomic E-state index is 0.0537. The number of benzene rings is 1. The van der Waals surface area contributed by atoms with E-state index in [4.69, 9.17) is 5.73 Å². The van der Waals surface area contributed by atoms with E-state index >= 15 is 0 Å². The Balaban J connectivity index is 1.77. The quantitative estimate of drug-likeness (QED) is 0.942. The van der Waals surface area contributed by atoms with Crippen molar-refractivity contribution in [3.8, 4) is 0 Å². The molecule has 0 bridgehead atoms. The molecule has 1 unspecified atom stereocenters. The minimum atomic E-state index is -0.0537. The number of hydrogen-bond donors (Lipinski definition) is 1. The molecule has 0 aliphatic carbocycles. The van der Waals surface area contributed by atoms with Crippen molar-refractivity contribution in [3.05, 3.63) is 53.3 Å². The third-order valence-corrected chi connectivity index (χ3v) is 5.11. The predicted molar refractivity (Wildman–Crippen MR) is 94.8 cm³/mol.